The van der Waals surface area contributed by atoms with Crippen LogP contribution < -0.4 is 10.6 Å². The Balaban J connectivity index is 1.57. The predicted octanol–water partition coefficient (Wildman–Crippen LogP) is 4.83. The number of anilines is 1. The average Bonchev–Trinajstić information content (AvgIpc) is 3.08. The Hall–Kier alpha value is -2.32. The van der Waals surface area contributed by atoms with Gasteiger partial charge < -0.3 is 15.5 Å². The van der Waals surface area contributed by atoms with Crippen molar-refractivity contribution in [1.82, 2.24) is 10.2 Å². The molecule has 2 N–H and O–H groups in total. The number of rotatable bonds is 4. The van der Waals surface area contributed by atoms with Crippen LogP contribution in [0.2, 0.25) is 15.1 Å². The molecule has 4 rings (SSSR count). The molecule has 1 fully saturated rings. The monoisotopic (exact) mass is 495 g/mol. The van der Waals surface area contributed by atoms with Gasteiger partial charge >= 0.3 is 0 Å². The van der Waals surface area contributed by atoms with Crippen LogP contribution in [-0.2, 0) is 9.59 Å². The molecule has 0 spiro atoms. The maximum absolute atomic E-state index is 13.3. The predicted molar refractivity (Wildman–Crippen MR) is 124 cm³/mol. The molecule has 0 unspecified atom stereocenters. The highest BCUT2D eigenvalue weighted by atomic mass is 35.5. The van der Waals surface area contributed by atoms with Crippen LogP contribution in [0.1, 0.15) is 16.1 Å². The standard InChI is InChI=1S/C21H16Cl3N3O3S/c22-11-5-6-13(23)14(9-11)26-17(28)10-15-20(29)25-7-8-27(15)21(30)19-18(24)12-3-1-2-4-16(12)31-19/h1-6,9,15H,7-8,10H2,(H,25,29)(H,26,28)/t15-/m1/s1. The second-order valence-electron chi connectivity index (χ2n) is 6.92. The molecule has 1 aliphatic rings. The van der Waals surface area contributed by atoms with Gasteiger partial charge in [0.15, 0.2) is 0 Å². The number of nitrogens with one attached hydrogen (secondary N) is 2. The van der Waals surface area contributed by atoms with Crippen molar-refractivity contribution >= 4 is 79.6 Å². The Morgan fingerprint density at radius 1 is 1.16 bits per heavy atom. The summed E-state index contributed by atoms with van der Waals surface area (Å²) >= 11 is 19.8. The van der Waals surface area contributed by atoms with E-state index in [0.29, 0.717) is 32.2 Å². The summed E-state index contributed by atoms with van der Waals surface area (Å²) in [5, 5.41) is 7.22. The van der Waals surface area contributed by atoms with Crippen LogP contribution in [0.25, 0.3) is 10.1 Å². The molecule has 1 saturated heterocycles. The minimum absolute atomic E-state index is 0.233. The first-order chi connectivity index (χ1) is 14.8. The second-order valence-corrected chi connectivity index (χ2v) is 9.20. The van der Waals surface area contributed by atoms with E-state index in [-0.39, 0.29) is 18.9 Å². The number of carbonyl (C=O) groups excluding carboxylic acids is 3. The fraction of sp³-hybridized carbons (Fsp3) is 0.190. The highest BCUT2D eigenvalue weighted by Gasteiger charge is 2.36. The van der Waals surface area contributed by atoms with E-state index in [2.05, 4.69) is 10.6 Å². The Labute approximate surface area is 197 Å². The summed E-state index contributed by atoms with van der Waals surface area (Å²) in [5.41, 5.74) is 0.334. The van der Waals surface area contributed by atoms with E-state index in [1.54, 1.807) is 12.1 Å². The van der Waals surface area contributed by atoms with Crippen LogP contribution in [0, 0.1) is 0 Å². The van der Waals surface area contributed by atoms with E-state index < -0.39 is 17.9 Å². The van der Waals surface area contributed by atoms with Gasteiger partial charge in [0, 0.05) is 28.2 Å². The van der Waals surface area contributed by atoms with Crippen molar-refractivity contribution in [3.8, 4) is 0 Å². The van der Waals surface area contributed by atoms with Crippen molar-refractivity contribution < 1.29 is 14.4 Å². The minimum atomic E-state index is -0.972. The summed E-state index contributed by atoms with van der Waals surface area (Å²) < 4.78 is 0.877. The van der Waals surface area contributed by atoms with Crippen molar-refractivity contribution in [3.05, 3.63) is 62.4 Å². The van der Waals surface area contributed by atoms with Crippen molar-refractivity contribution in [2.75, 3.05) is 18.4 Å². The lowest BCUT2D eigenvalue weighted by molar-refractivity contribution is -0.131. The SMILES string of the molecule is O=C(C[C@@H]1C(=O)NCCN1C(=O)c1sc2ccccc2c1Cl)Nc1cc(Cl)ccc1Cl. The van der Waals surface area contributed by atoms with E-state index in [9.17, 15) is 14.4 Å². The lowest BCUT2D eigenvalue weighted by Gasteiger charge is -2.34. The zero-order valence-electron chi connectivity index (χ0n) is 16.0. The van der Waals surface area contributed by atoms with Gasteiger partial charge in [0.05, 0.1) is 22.2 Å². The number of fused-ring (bicyclic) bond motifs is 1. The molecule has 10 heteroatoms. The summed E-state index contributed by atoms with van der Waals surface area (Å²) in [7, 11) is 0. The van der Waals surface area contributed by atoms with Gasteiger partial charge in [-0.3, -0.25) is 14.4 Å². The summed E-state index contributed by atoms with van der Waals surface area (Å²) in [5.74, 6) is -1.24. The molecule has 31 heavy (non-hydrogen) atoms. The minimum Gasteiger partial charge on any atom is -0.353 e. The van der Waals surface area contributed by atoms with Gasteiger partial charge in [0.1, 0.15) is 10.9 Å². The van der Waals surface area contributed by atoms with Crippen molar-refractivity contribution in [2.45, 2.75) is 12.5 Å². The molecular weight excluding hydrogens is 481 g/mol. The van der Waals surface area contributed by atoms with Crippen LogP contribution in [0.5, 0.6) is 0 Å². The number of benzene rings is 2. The first-order valence-electron chi connectivity index (χ1n) is 9.36. The van der Waals surface area contributed by atoms with Crippen LogP contribution in [0.4, 0.5) is 5.69 Å². The normalized spacial score (nSPS) is 16.3. The number of piperazine rings is 1. The molecule has 1 aliphatic heterocycles. The Kier molecular flexibility index (Phi) is 6.39. The molecule has 0 saturated carbocycles. The van der Waals surface area contributed by atoms with Gasteiger partial charge in [0.2, 0.25) is 11.8 Å². The molecule has 0 radical (unpaired) electrons. The third-order valence-corrected chi connectivity index (χ3v) is 7.13. The van der Waals surface area contributed by atoms with E-state index in [1.165, 1.54) is 22.3 Å². The van der Waals surface area contributed by atoms with Crippen LogP contribution >= 0.6 is 46.1 Å². The fourth-order valence-electron chi connectivity index (χ4n) is 3.41. The zero-order valence-corrected chi connectivity index (χ0v) is 19.0. The van der Waals surface area contributed by atoms with Gasteiger partial charge in [-0.2, -0.15) is 0 Å². The lowest BCUT2D eigenvalue weighted by atomic mass is 10.1. The molecule has 2 heterocycles. The lowest BCUT2D eigenvalue weighted by Crippen LogP contribution is -2.58. The number of carbonyl (C=O) groups is 3. The van der Waals surface area contributed by atoms with Gasteiger partial charge in [-0.05, 0) is 24.3 Å². The molecule has 1 atom stereocenters. The van der Waals surface area contributed by atoms with E-state index in [1.807, 2.05) is 24.3 Å². The summed E-state index contributed by atoms with van der Waals surface area (Å²) in [6, 6.07) is 11.1. The highest BCUT2D eigenvalue weighted by molar-refractivity contribution is 7.21. The third kappa shape index (κ3) is 4.50. The van der Waals surface area contributed by atoms with Gasteiger partial charge in [0.25, 0.3) is 5.91 Å². The first-order valence-corrected chi connectivity index (χ1v) is 11.3. The third-order valence-electron chi connectivity index (χ3n) is 4.90. The smallest absolute Gasteiger partial charge is 0.266 e. The quantitative estimate of drug-likeness (QED) is 0.543. The van der Waals surface area contributed by atoms with E-state index >= 15 is 0 Å². The summed E-state index contributed by atoms with van der Waals surface area (Å²) in [6.45, 7) is 0.566. The number of thiophene rings is 1. The van der Waals surface area contributed by atoms with Gasteiger partial charge in [-0.1, -0.05) is 53.0 Å². The van der Waals surface area contributed by atoms with Crippen LogP contribution in [0.3, 0.4) is 0 Å². The summed E-state index contributed by atoms with van der Waals surface area (Å²) in [4.78, 5) is 40.2. The van der Waals surface area contributed by atoms with E-state index in [4.69, 9.17) is 34.8 Å². The molecule has 0 aliphatic carbocycles. The van der Waals surface area contributed by atoms with Crippen LogP contribution in [0.15, 0.2) is 42.5 Å². The number of amides is 3. The Morgan fingerprint density at radius 3 is 2.71 bits per heavy atom. The molecule has 1 aromatic heterocycles. The van der Waals surface area contributed by atoms with Gasteiger partial charge in [-0.15, -0.1) is 11.3 Å². The largest absolute Gasteiger partial charge is 0.353 e. The maximum atomic E-state index is 13.3. The molecule has 6 nitrogen and oxygen atoms in total. The maximum Gasteiger partial charge on any atom is 0.266 e. The second kappa shape index (κ2) is 9.04. The van der Waals surface area contributed by atoms with E-state index in [0.717, 1.165) is 10.1 Å². The van der Waals surface area contributed by atoms with Gasteiger partial charge in [-0.25, -0.2) is 0 Å². The molecule has 3 aromatic rings. The number of nitrogens with zero attached hydrogens (tertiary/aromatic N) is 1. The average molecular weight is 497 g/mol. The molecular formula is C21H16Cl3N3O3S. The van der Waals surface area contributed by atoms with Crippen LogP contribution in [-0.4, -0.2) is 41.8 Å². The Bertz CT molecular complexity index is 1200. The van der Waals surface area contributed by atoms with Crippen molar-refractivity contribution in [3.63, 3.8) is 0 Å². The number of hydrogen-bond acceptors (Lipinski definition) is 4. The zero-order chi connectivity index (χ0) is 22.1. The number of hydrogen-bond donors (Lipinski definition) is 2. The molecule has 3 amide bonds. The Morgan fingerprint density at radius 2 is 1.94 bits per heavy atom. The topological polar surface area (TPSA) is 78.5 Å². The fourth-order valence-corrected chi connectivity index (χ4v) is 5.22. The molecule has 160 valence electrons. The van der Waals surface area contributed by atoms with Crippen molar-refractivity contribution in [2.24, 2.45) is 0 Å². The molecule has 0 bridgehead atoms. The first kappa shape index (κ1) is 21.9. The number of halogens is 3. The molecule has 2 aromatic carbocycles. The van der Waals surface area contributed by atoms with Crippen molar-refractivity contribution in [1.29, 1.82) is 0 Å². The highest BCUT2D eigenvalue weighted by Crippen LogP contribution is 2.36. The summed E-state index contributed by atoms with van der Waals surface area (Å²) in [6.07, 6.45) is -0.233.